The number of halogens is 1. The van der Waals surface area contributed by atoms with Crippen LogP contribution in [0.15, 0.2) is 185 Å². The summed E-state index contributed by atoms with van der Waals surface area (Å²) in [5, 5.41) is 24.5. The van der Waals surface area contributed by atoms with Gasteiger partial charge in [0.05, 0.1) is 77.9 Å². The molecule has 20 rings (SSSR count). The molecule has 5 aromatic carbocycles. The zero-order valence-corrected chi connectivity index (χ0v) is 74.6. The molecule has 2 fully saturated rings. The summed E-state index contributed by atoms with van der Waals surface area (Å²) in [6, 6.07) is 53.1. The van der Waals surface area contributed by atoms with Gasteiger partial charge in [0.25, 0.3) is 11.8 Å². The Bertz CT molecular complexity index is 5800. The van der Waals surface area contributed by atoms with Gasteiger partial charge in [-0.2, -0.15) is 25.5 Å². The molecule has 10 aromatic rings. The van der Waals surface area contributed by atoms with E-state index in [0.29, 0.717) is 6.42 Å². The Labute approximate surface area is 721 Å². The highest BCUT2D eigenvalue weighted by atomic mass is 127. The van der Waals surface area contributed by atoms with Crippen LogP contribution in [0.1, 0.15) is 158 Å². The summed E-state index contributed by atoms with van der Waals surface area (Å²) in [6.45, 7) is 20.5. The molecule has 2 saturated heterocycles. The molecular formula is C98H113IN16O5. The first-order valence-corrected chi connectivity index (χ1v) is 43.1. The smallest absolute Gasteiger partial charge is 0.259 e. The van der Waals surface area contributed by atoms with E-state index in [4.69, 9.17) is 33.4 Å². The lowest BCUT2D eigenvalue weighted by Gasteiger charge is -2.50. The lowest BCUT2D eigenvalue weighted by Crippen LogP contribution is -2.59. The summed E-state index contributed by atoms with van der Waals surface area (Å²) < 4.78 is 16.5. The summed E-state index contributed by atoms with van der Waals surface area (Å²) in [7, 11) is 20.9. The van der Waals surface area contributed by atoms with Gasteiger partial charge in [-0.25, -0.2) is 4.85 Å². The van der Waals surface area contributed by atoms with E-state index in [2.05, 4.69) is 190 Å². The number of piperidine rings is 2. The molecule has 5 aliphatic heterocycles. The minimum atomic E-state index is -0.430. The molecule has 5 aromatic heterocycles. The van der Waals surface area contributed by atoms with E-state index in [1.807, 2.05) is 155 Å². The van der Waals surface area contributed by atoms with Crippen LogP contribution in [0.2, 0.25) is 0 Å². The molecule has 0 radical (unpaired) electrons. The molecule has 120 heavy (non-hydrogen) atoms. The quantitative estimate of drug-likeness (QED) is 0.118. The van der Waals surface area contributed by atoms with Crippen LogP contribution in [0.3, 0.4) is 0 Å². The molecule has 10 heterocycles. The van der Waals surface area contributed by atoms with Gasteiger partial charge in [0, 0.05) is 192 Å². The normalized spacial score (nSPS) is 26.5. The van der Waals surface area contributed by atoms with Gasteiger partial charge in [-0.1, -0.05) is 198 Å². The van der Waals surface area contributed by atoms with E-state index in [1.54, 1.807) is 18.0 Å². The van der Waals surface area contributed by atoms with Crippen molar-refractivity contribution < 1.29 is 25.3 Å². The number of hydrogen-bond donors (Lipinski definition) is 0. The highest BCUT2D eigenvalue weighted by molar-refractivity contribution is 14.1. The van der Waals surface area contributed by atoms with Crippen LogP contribution >= 0.6 is 22.6 Å². The van der Waals surface area contributed by atoms with E-state index in [-0.39, 0.29) is 93.0 Å². The van der Waals surface area contributed by atoms with Crippen LogP contribution in [0.4, 0.5) is 0 Å². The van der Waals surface area contributed by atoms with Crippen LogP contribution in [-0.2, 0) is 118 Å². The number of aromatic nitrogens is 10. The van der Waals surface area contributed by atoms with Crippen molar-refractivity contribution in [1.29, 1.82) is 0 Å². The number of hydrogen-bond acceptors (Lipinski definition) is 10. The zero-order valence-electron chi connectivity index (χ0n) is 73.5. The fraction of sp³-hybridized carbons (Fsp3) is 0.418. The molecule has 0 saturated carbocycles. The molecular weight excluding hydrogens is 1610 g/mol. The van der Waals surface area contributed by atoms with E-state index < -0.39 is 5.41 Å². The van der Waals surface area contributed by atoms with E-state index in [0.717, 1.165) is 109 Å². The highest BCUT2D eigenvalue weighted by Gasteiger charge is 2.55. The van der Waals surface area contributed by atoms with Gasteiger partial charge in [-0.15, -0.1) is 0 Å². The first-order chi connectivity index (χ1) is 57.9. The number of likely N-dealkylation sites (tertiary alicyclic amines) is 2. The Morgan fingerprint density at radius 2 is 0.717 bits per heavy atom. The summed E-state index contributed by atoms with van der Waals surface area (Å²) in [5.74, 6) is 0.649. The van der Waals surface area contributed by atoms with E-state index in [9.17, 15) is 24.0 Å². The van der Waals surface area contributed by atoms with Gasteiger partial charge < -0.3 is 24.5 Å². The molecule has 22 heteroatoms. The summed E-state index contributed by atoms with van der Waals surface area (Å²) in [6.07, 6.45) is 19.8. The molecule has 0 spiro atoms. The molecule has 10 aliphatic rings. The van der Waals surface area contributed by atoms with Gasteiger partial charge in [0.15, 0.2) is 0 Å². The van der Waals surface area contributed by atoms with Crippen molar-refractivity contribution in [3.05, 3.63) is 253 Å². The van der Waals surface area contributed by atoms with Crippen LogP contribution in [-0.4, -0.2) is 168 Å². The first kappa shape index (κ1) is 82.6. The Balaban J connectivity index is 0.000000117. The van der Waals surface area contributed by atoms with Crippen molar-refractivity contribution in [2.45, 2.75) is 190 Å². The maximum Gasteiger partial charge on any atom is 0.259 e. The summed E-state index contributed by atoms with van der Waals surface area (Å²) in [5.41, 5.74) is 23.5. The number of fused-ring (bicyclic) bond motifs is 15. The van der Waals surface area contributed by atoms with Gasteiger partial charge in [-0.3, -0.25) is 47.4 Å². The fourth-order valence-electron chi connectivity index (χ4n) is 22.7. The Kier molecular flexibility index (Phi) is 22.1. The standard InChI is InChI=1S/C20H20N4O.C20H25N3O.C19H20IN3O.C19H23N3O.C19H21N3O.CH4/c1-20-12-15(21-2)19(25)23(3)16(20)11-10-14-17(24(4)22-18(14)20)13-8-6-5-7-9-13;1-13-12-20(2)16(22(3)19(13)24)11-10-15-17(23(4)21-18(15)20)14-8-6-5-7-9-14;1-19-11-14(20)18(24)22(2)15(19)10-9-13-16(23(3)21-17(13)19)12-7-5-4-6-8-12;2*1-19-12-11-16(23)21(2)15(19)10-9-14-17(22(3)20-18(14)19)13-7-5-4-6-8-13;/h5-9,12,16H,10-11H2,1,3-4H3;5-9,13,16H,10-12H2,1-4H3;4-8,11,15H,9-10H2,1-3H3;4-8,15H,9-12H2,1-3H3;4-8,11-12,15H,9-10H2,1-3H3;1H4/t16-,20+;13?,16-,20+;3*15-,19+;/m11111./s1/i;;;;;1T. The van der Waals surface area contributed by atoms with Gasteiger partial charge >= 0.3 is 0 Å². The minimum Gasteiger partial charge on any atom is -0.347 e. The minimum absolute atomic E-state index is 0.0268. The van der Waals surface area contributed by atoms with E-state index >= 15 is 0 Å². The zero-order chi connectivity index (χ0) is 86.3. The second-order valence-electron chi connectivity index (χ2n) is 35.6. The lowest BCUT2D eigenvalue weighted by atomic mass is 9.63. The predicted octanol–water partition coefficient (Wildman–Crippen LogP) is 15.8. The van der Waals surface area contributed by atoms with Crippen LogP contribution in [0, 0.1) is 12.5 Å². The van der Waals surface area contributed by atoms with Gasteiger partial charge in [-0.05, 0) is 120 Å². The topological polar surface area (TPSA) is 195 Å². The molecule has 622 valence electrons. The van der Waals surface area contributed by atoms with Crippen molar-refractivity contribution in [3.8, 4) is 56.3 Å². The van der Waals surface area contributed by atoms with Crippen molar-refractivity contribution >= 4 is 52.1 Å². The lowest BCUT2D eigenvalue weighted by molar-refractivity contribution is -0.143. The third-order valence-electron chi connectivity index (χ3n) is 28.5. The molecule has 0 N–H and O–H groups in total. The molecule has 11 atom stereocenters. The number of nitrogens with zero attached hydrogens (tertiary/aromatic N) is 16. The summed E-state index contributed by atoms with van der Waals surface area (Å²) in [4.78, 5) is 74.2. The van der Waals surface area contributed by atoms with Crippen LogP contribution in [0.25, 0.3) is 61.1 Å². The van der Waals surface area contributed by atoms with Crippen molar-refractivity contribution in [2.24, 2.45) is 41.2 Å². The van der Waals surface area contributed by atoms with Crippen molar-refractivity contribution in [1.82, 2.24) is 73.4 Å². The number of aryl methyl sites for hydroxylation is 5. The number of benzene rings is 5. The summed E-state index contributed by atoms with van der Waals surface area (Å²) >= 11 is 2.16. The maximum absolute atomic E-state index is 12.4. The third-order valence-corrected chi connectivity index (χ3v) is 29.3. The van der Waals surface area contributed by atoms with Crippen LogP contribution in [0.5, 0.6) is 0 Å². The number of amides is 5. The maximum atomic E-state index is 12.4. The average molecular weight is 1720 g/mol. The Morgan fingerprint density at radius 1 is 0.400 bits per heavy atom. The van der Waals surface area contributed by atoms with Crippen LogP contribution < -0.4 is 0 Å². The molecule has 21 nitrogen and oxygen atoms in total. The highest BCUT2D eigenvalue weighted by Crippen LogP contribution is 2.53. The van der Waals surface area contributed by atoms with Gasteiger partial charge in [0.2, 0.25) is 23.4 Å². The predicted molar refractivity (Wildman–Crippen MR) is 480 cm³/mol. The molecule has 5 aliphatic carbocycles. The fourth-order valence-corrected chi connectivity index (χ4v) is 23.7. The number of rotatable bonds is 5. The van der Waals surface area contributed by atoms with Crippen molar-refractivity contribution in [3.63, 3.8) is 0 Å². The molecule has 1 unspecified atom stereocenters. The third kappa shape index (κ3) is 13.8. The second kappa shape index (κ2) is 32.2. The number of carbonyl (C=O) groups is 5. The first-order valence-electron chi connectivity index (χ1n) is 43.0. The second-order valence-corrected chi connectivity index (χ2v) is 36.8. The number of carbonyl (C=O) groups excluding carboxylic acids is 5. The van der Waals surface area contributed by atoms with Crippen molar-refractivity contribution in [2.75, 3.05) is 35.2 Å². The Hall–Kier alpha value is -11.1. The monoisotopic (exact) mass is 1720 g/mol. The van der Waals surface area contributed by atoms with E-state index in [1.165, 1.54) is 91.6 Å². The largest absolute Gasteiger partial charge is 0.347 e. The molecule has 5 amide bonds. The average Bonchev–Trinajstić information content (AvgIpc) is 1.65. The molecule has 0 bridgehead atoms. The number of likely N-dealkylation sites (N-methyl/N-ethyl adjacent to an activating group) is 5. The van der Waals surface area contributed by atoms with Gasteiger partial charge in [0.1, 0.15) is 0 Å². The SMILES string of the molecule is CC1C[C@]2(C)c3nn(C)c(-c4ccccc4)c3CC[C@H]2N(C)C1=O.CN1C(=O)C(I)=C[C@]2(C)c3nn(C)c(-c4ccccc4)c3CC[C@@H]12.CN1C(=O)C=C[C@]2(C)c3nn(C)c(-c4ccccc4)c3CC[C@@H]12.CN1C(=O)CC[C@]2(C)c3nn(C)c(-c4ccccc4)c3CC[C@@H]12.[3H]C.[C-]#[N+]C1=C[C@]2(C)c3nn(C)c(-c4ccccc4)c3CC[C@H]2N(C)C1=O. The Morgan fingerprint density at radius 3 is 1.10 bits per heavy atom.